The molecule has 0 saturated carbocycles. The molecule has 0 spiro atoms. The number of benzene rings is 1. The summed E-state index contributed by atoms with van der Waals surface area (Å²) < 4.78 is 0. The van der Waals surface area contributed by atoms with Gasteiger partial charge < -0.3 is 5.73 Å². The number of hydrogen-bond acceptors (Lipinski definition) is 4. The highest BCUT2D eigenvalue weighted by Crippen LogP contribution is 2.12. The minimum absolute atomic E-state index is 0.272. The minimum Gasteiger partial charge on any atom is -0.398 e. The molecule has 0 aliphatic rings. The molecule has 0 aromatic heterocycles. The molecule has 2 N–H and O–H groups in total. The number of carbonyl (C=O) groups excluding carboxylic acids is 1. The molecule has 1 rings (SSSR count). The highest BCUT2D eigenvalue weighted by atomic mass is 17.2. The van der Waals surface area contributed by atoms with Gasteiger partial charge in [-0.15, -0.1) is 0 Å². The van der Waals surface area contributed by atoms with Crippen molar-refractivity contribution in [2.24, 2.45) is 0 Å². The second-order valence-electron chi connectivity index (χ2n) is 2.74. The van der Waals surface area contributed by atoms with Gasteiger partial charge in [0.05, 0.1) is 5.56 Å². The summed E-state index contributed by atoms with van der Waals surface area (Å²) in [5, 5.41) is 0. The minimum atomic E-state index is -0.633. The van der Waals surface area contributed by atoms with Crippen molar-refractivity contribution >= 4 is 11.7 Å². The molecule has 0 atom stereocenters. The molecule has 0 aliphatic carbocycles. The van der Waals surface area contributed by atoms with Gasteiger partial charge in [0.2, 0.25) is 0 Å². The molecule has 0 fully saturated rings. The number of anilines is 1. The average Bonchev–Trinajstić information content (AvgIpc) is 2.15. The van der Waals surface area contributed by atoms with Gasteiger partial charge in [-0.2, -0.15) is 0 Å². The van der Waals surface area contributed by atoms with Crippen molar-refractivity contribution in [3.8, 4) is 0 Å². The molecular formula is C10H11NO3. The molecule has 0 heterocycles. The van der Waals surface area contributed by atoms with Gasteiger partial charge >= 0.3 is 5.97 Å². The Balaban J connectivity index is 2.70. The zero-order chi connectivity index (χ0) is 10.6. The summed E-state index contributed by atoms with van der Waals surface area (Å²) in [5.74, 6) is -0.334. The summed E-state index contributed by atoms with van der Waals surface area (Å²) >= 11 is 0. The summed E-state index contributed by atoms with van der Waals surface area (Å²) in [4.78, 5) is 20.3. The van der Waals surface area contributed by atoms with Gasteiger partial charge in [-0.3, -0.25) is 4.89 Å². The van der Waals surface area contributed by atoms with E-state index in [4.69, 9.17) is 5.73 Å². The zero-order valence-electron chi connectivity index (χ0n) is 7.82. The molecule has 0 bridgehead atoms. The lowest BCUT2D eigenvalue weighted by Gasteiger charge is -2.04. The predicted molar refractivity (Wildman–Crippen MR) is 52.2 cm³/mol. The van der Waals surface area contributed by atoms with E-state index in [2.05, 4.69) is 16.4 Å². The van der Waals surface area contributed by atoms with Gasteiger partial charge in [0, 0.05) is 5.69 Å². The van der Waals surface area contributed by atoms with Crippen molar-refractivity contribution in [3.63, 3.8) is 0 Å². The van der Waals surface area contributed by atoms with E-state index in [1.54, 1.807) is 31.2 Å². The average molecular weight is 193 g/mol. The normalized spacial score (nSPS) is 9.21. The van der Waals surface area contributed by atoms with Crippen molar-refractivity contribution < 1.29 is 14.6 Å². The molecule has 74 valence electrons. The Kier molecular flexibility index (Phi) is 3.12. The maximum atomic E-state index is 11.3. The van der Waals surface area contributed by atoms with Crippen LogP contribution in [-0.4, -0.2) is 5.97 Å². The maximum Gasteiger partial charge on any atom is 0.388 e. The Bertz CT molecular complexity index is 360. The third-order valence-corrected chi connectivity index (χ3v) is 1.44. The van der Waals surface area contributed by atoms with Crippen LogP contribution in [-0.2, 0) is 9.78 Å². The second kappa shape index (κ2) is 4.32. The summed E-state index contributed by atoms with van der Waals surface area (Å²) in [6, 6.07) is 6.58. The summed E-state index contributed by atoms with van der Waals surface area (Å²) in [6.45, 7) is 4.98. The molecule has 0 amide bonds. The number of para-hydroxylation sites is 1. The fourth-order valence-corrected chi connectivity index (χ4v) is 0.837. The molecule has 1 aromatic rings. The summed E-state index contributed by atoms with van der Waals surface area (Å²) in [5.41, 5.74) is 6.17. The molecule has 0 radical (unpaired) electrons. The Hall–Kier alpha value is -1.97. The molecule has 14 heavy (non-hydrogen) atoms. The van der Waals surface area contributed by atoms with Crippen molar-refractivity contribution in [1.29, 1.82) is 0 Å². The van der Waals surface area contributed by atoms with E-state index in [0.717, 1.165) is 0 Å². The molecule has 0 saturated heterocycles. The van der Waals surface area contributed by atoms with E-state index in [9.17, 15) is 4.79 Å². The van der Waals surface area contributed by atoms with Crippen LogP contribution in [0.2, 0.25) is 0 Å². The third-order valence-electron chi connectivity index (χ3n) is 1.44. The Morgan fingerprint density at radius 1 is 1.36 bits per heavy atom. The van der Waals surface area contributed by atoms with Crippen molar-refractivity contribution in [2.75, 3.05) is 5.73 Å². The first-order chi connectivity index (χ1) is 6.61. The lowest BCUT2D eigenvalue weighted by Crippen LogP contribution is -2.07. The van der Waals surface area contributed by atoms with Crippen LogP contribution in [0.5, 0.6) is 0 Å². The van der Waals surface area contributed by atoms with Crippen molar-refractivity contribution in [3.05, 3.63) is 42.2 Å². The quantitative estimate of drug-likeness (QED) is 0.344. The number of nitrogen functional groups attached to an aromatic ring is 1. The molecular weight excluding hydrogens is 182 g/mol. The summed E-state index contributed by atoms with van der Waals surface area (Å²) in [6.07, 6.45) is 0. The van der Waals surface area contributed by atoms with Crippen LogP contribution < -0.4 is 5.73 Å². The van der Waals surface area contributed by atoms with Crippen LogP contribution >= 0.6 is 0 Å². The van der Waals surface area contributed by atoms with E-state index in [0.29, 0.717) is 11.4 Å². The first-order valence-electron chi connectivity index (χ1n) is 4.00. The fraction of sp³-hybridized carbons (Fsp3) is 0.100. The molecule has 1 aromatic carbocycles. The first kappa shape index (κ1) is 10.1. The lowest BCUT2D eigenvalue weighted by molar-refractivity contribution is -0.204. The number of hydrogen-bond donors (Lipinski definition) is 1. The number of rotatable bonds is 3. The van der Waals surface area contributed by atoms with E-state index in [-0.39, 0.29) is 5.56 Å². The van der Waals surface area contributed by atoms with E-state index >= 15 is 0 Å². The van der Waals surface area contributed by atoms with Crippen LogP contribution in [0.25, 0.3) is 0 Å². The van der Waals surface area contributed by atoms with Crippen molar-refractivity contribution in [2.45, 2.75) is 6.92 Å². The lowest BCUT2D eigenvalue weighted by atomic mass is 10.2. The van der Waals surface area contributed by atoms with Gasteiger partial charge in [-0.25, -0.2) is 9.68 Å². The number of carbonyl (C=O) groups is 1. The Morgan fingerprint density at radius 2 is 2.00 bits per heavy atom. The van der Waals surface area contributed by atoms with Gasteiger partial charge in [0.15, 0.2) is 0 Å². The SMILES string of the molecule is C=C(C)OOC(=O)c1ccccc1N. The Morgan fingerprint density at radius 3 is 2.57 bits per heavy atom. The van der Waals surface area contributed by atoms with Gasteiger partial charge in [-0.05, 0) is 19.1 Å². The molecule has 0 unspecified atom stereocenters. The van der Waals surface area contributed by atoms with E-state index in [1.807, 2.05) is 0 Å². The number of nitrogens with two attached hydrogens (primary N) is 1. The second-order valence-corrected chi connectivity index (χ2v) is 2.74. The third kappa shape index (κ3) is 2.52. The highest BCUT2D eigenvalue weighted by molar-refractivity contribution is 5.94. The van der Waals surface area contributed by atoms with E-state index < -0.39 is 5.97 Å². The van der Waals surface area contributed by atoms with Crippen LogP contribution in [0.3, 0.4) is 0 Å². The predicted octanol–water partition coefficient (Wildman–Crippen LogP) is 1.89. The largest absolute Gasteiger partial charge is 0.398 e. The van der Waals surface area contributed by atoms with Gasteiger partial charge in [0.1, 0.15) is 5.76 Å². The van der Waals surface area contributed by atoms with Crippen LogP contribution in [0.15, 0.2) is 36.6 Å². The maximum absolute atomic E-state index is 11.3. The Labute approximate surface area is 81.9 Å². The van der Waals surface area contributed by atoms with Crippen molar-refractivity contribution in [1.82, 2.24) is 0 Å². The topological polar surface area (TPSA) is 61.5 Å². The van der Waals surface area contributed by atoms with Crippen LogP contribution in [0.4, 0.5) is 5.69 Å². The van der Waals surface area contributed by atoms with Crippen LogP contribution in [0.1, 0.15) is 17.3 Å². The summed E-state index contributed by atoms with van der Waals surface area (Å²) in [7, 11) is 0. The zero-order valence-corrected chi connectivity index (χ0v) is 7.82. The van der Waals surface area contributed by atoms with Crippen LogP contribution in [0, 0.1) is 0 Å². The van der Waals surface area contributed by atoms with Gasteiger partial charge in [-0.1, -0.05) is 18.7 Å². The van der Waals surface area contributed by atoms with Gasteiger partial charge in [0.25, 0.3) is 0 Å². The highest BCUT2D eigenvalue weighted by Gasteiger charge is 2.11. The molecule has 0 aliphatic heterocycles. The number of allylic oxidation sites excluding steroid dienone is 1. The smallest absolute Gasteiger partial charge is 0.388 e. The standard InChI is InChI=1S/C10H11NO3/c1-7(2)13-14-10(12)8-5-3-4-6-9(8)11/h3-6H,1,11H2,2H3. The first-order valence-corrected chi connectivity index (χ1v) is 4.00. The fourth-order valence-electron chi connectivity index (χ4n) is 0.837. The molecule has 4 nitrogen and oxygen atoms in total. The van der Waals surface area contributed by atoms with E-state index in [1.165, 1.54) is 0 Å². The monoisotopic (exact) mass is 193 g/mol. The molecule has 4 heteroatoms.